The van der Waals surface area contributed by atoms with Crippen molar-refractivity contribution in [3.8, 4) is 11.5 Å². The average molecular weight is 345 g/mol. The van der Waals surface area contributed by atoms with Gasteiger partial charge in [-0.3, -0.25) is 11.3 Å². The standard InChI is InChI=1S/C14H21BrN2O3/c1-18-10-7-6-9(14(19-2)12(10)15)13(17-16)11-5-3-4-8-20-11/h6-7,11,13,17H,3-5,8,16H2,1-2H3. The zero-order valence-electron chi connectivity index (χ0n) is 11.8. The van der Waals surface area contributed by atoms with E-state index in [0.29, 0.717) is 0 Å². The minimum absolute atomic E-state index is 0.0583. The van der Waals surface area contributed by atoms with Crippen molar-refractivity contribution in [2.75, 3.05) is 20.8 Å². The number of hydrogen-bond donors (Lipinski definition) is 2. The van der Waals surface area contributed by atoms with Crippen LogP contribution in [0.25, 0.3) is 0 Å². The monoisotopic (exact) mass is 344 g/mol. The van der Waals surface area contributed by atoms with Crippen molar-refractivity contribution < 1.29 is 14.2 Å². The molecule has 1 aliphatic heterocycles. The van der Waals surface area contributed by atoms with Crippen molar-refractivity contribution in [1.82, 2.24) is 5.43 Å². The van der Waals surface area contributed by atoms with Gasteiger partial charge in [-0.25, -0.2) is 0 Å². The molecule has 20 heavy (non-hydrogen) atoms. The van der Waals surface area contributed by atoms with Gasteiger partial charge in [0.25, 0.3) is 0 Å². The molecule has 1 aliphatic rings. The molecular formula is C14H21BrN2O3. The van der Waals surface area contributed by atoms with Crippen LogP contribution in [0.4, 0.5) is 0 Å². The van der Waals surface area contributed by atoms with Crippen LogP contribution in [-0.2, 0) is 4.74 Å². The Morgan fingerprint density at radius 2 is 2.15 bits per heavy atom. The fraction of sp³-hybridized carbons (Fsp3) is 0.571. The van der Waals surface area contributed by atoms with E-state index in [1.807, 2.05) is 12.1 Å². The van der Waals surface area contributed by atoms with E-state index in [4.69, 9.17) is 20.1 Å². The first-order valence-electron chi connectivity index (χ1n) is 6.71. The van der Waals surface area contributed by atoms with Crippen LogP contribution in [-0.4, -0.2) is 26.9 Å². The predicted octanol–water partition coefficient (Wildman–Crippen LogP) is 2.54. The molecule has 6 heteroatoms. The number of methoxy groups -OCH3 is 2. The van der Waals surface area contributed by atoms with Crippen LogP contribution < -0.4 is 20.7 Å². The molecule has 0 saturated carbocycles. The molecule has 0 aromatic heterocycles. The molecule has 1 heterocycles. The van der Waals surface area contributed by atoms with E-state index in [9.17, 15) is 0 Å². The zero-order chi connectivity index (χ0) is 14.5. The number of halogens is 1. The summed E-state index contributed by atoms with van der Waals surface area (Å²) in [6.45, 7) is 0.780. The molecule has 0 aliphatic carbocycles. The fourth-order valence-corrected chi connectivity index (χ4v) is 3.27. The second kappa shape index (κ2) is 7.26. The lowest BCUT2D eigenvalue weighted by molar-refractivity contribution is -0.00869. The Hall–Kier alpha value is -0.820. The molecule has 5 nitrogen and oxygen atoms in total. The SMILES string of the molecule is COc1ccc(C(NN)C2CCCCO2)c(OC)c1Br. The van der Waals surface area contributed by atoms with E-state index in [-0.39, 0.29) is 12.1 Å². The highest BCUT2D eigenvalue weighted by atomic mass is 79.9. The van der Waals surface area contributed by atoms with Gasteiger partial charge in [0.2, 0.25) is 0 Å². The molecule has 1 saturated heterocycles. The summed E-state index contributed by atoms with van der Waals surface area (Å²) in [7, 11) is 3.26. The van der Waals surface area contributed by atoms with Gasteiger partial charge in [-0.15, -0.1) is 0 Å². The lowest BCUT2D eigenvalue weighted by atomic mass is 9.95. The Balaban J connectivity index is 2.35. The smallest absolute Gasteiger partial charge is 0.141 e. The molecule has 2 atom stereocenters. The third kappa shape index (κ3) is 3.09. The number of nitrogens with one attached hydrogen (secondary N) is 1. The molecular weight excluding hydrogens is 324 g/mol. The Bertz CT molecular complexity index is 450. The molecule has 0 spiro atoms. The Labute approximate surface area is 127 Å². The number of rotatable bonds is 5. The zero-order valence-corrected chi connectivity index (χ0v) is 13.4. The Morgan fingerprint density at radius 1 is 1.35 bits per heavy atom. The van der Waals surface area contributed by atoms with Crippen LogP contribution in [0.5, 0.6) is 11.5 Å². The van der Waals surface area contributed by atoms with Gasteiger partial charge in [0.15, 0.2) is 0 Å². The van der Waals surface area contributed by atoms with Gasteiger partial charge in [0.05, 0.1) is 26.4 Å². The van der Waals surface area contributed by atoms with Crippen molar-refractivity contribution in [2.24, 2.45) is 5.84 Å². The fourth-order valence-electron chi connectivity index (χ4n) is 2.59. The van der Waals surface area contributed by atoms with Crippen LogP contribution in [0.1, 0.15) is 30.9 Å². The molecule has 1 aromatic carbocycles. The first-order valence-corrected chi connectivity index (χ1v) is 7.50. The third-order valence-electron chi connectivity index (χ3n) is 3.62. The average Bonchev–Trinajstić information content (AvgIpc) is 2.49. The second-order valence-corrected chi connectivity index (χ2v) is 5.55. The lowest BCUT2D eigenvalue weighted by Gasteiger charge is -2.31. The molecule has 1 fully saturated rings. The van der Waals surface area contributed by atoms with E-state index >= 15 is 0 Å². The van der Waals surface area contributed by atoms with Crippen LogP contribution in [0.3, 0.4) is 0 Å². The first kappa shape index (κ1) is 15.6. The highest BCUT2D eigenvalue weighted by molar-refractivity contribution is 9.10. The summed E-state index contributed by atoms with van der Waals surface area (Å²) in [5.41, 5.74) is 3.83. The second-order valence-electron chi connectivity index (χ2n) is 4.75. The third-order valence-corrected chi connectivity index (χ3v) is 4.37. The molecule has 0 radical (unpaired) electrons. The quantitative estimate of drug-likeness (QED) is 0.634. The largest absolute Gasteiger partial charge is 0.495 e. The van der Waals surface area contributed by atoms with Gasteiger partial charge >= 0.3 is 0 Å². The molecule has 2 rings (SSSR count). The lowest BCUT2D eigenvalue weighted by Crippen LogP contribution is -2.39. The van der Waals surface area contributed by atoms with Crippen LogP contribution >= 0.6 is 15.9 Å². The Morgan fingerprint density at radius 3 is 2.70 bits per heavy atom. The number of hydrazine groups is 1. The molecule has 3 N–H and O–H groups in total. The number of benzene rings is 1. The summed E-state index contributed by atoms with van der Waals surface area (Å²) in [5.74, 6) is 7.20. The van der Waals surface area contributed by atoms with Crippen molar-refractivity contribution in [3.63, 3.8) is 0 Å². The minimum atomic E-state index is -0.104. The van der Waals surface area contributed by atoms with Gasteiger partial charge in [0.1, 0.15) is 16.0 Å². The summed E-state index contributed by atoms with van der Waals surface area (Å²) in [4.78, 5) is 0. The number of nitrogens with two attached hydrogens (primary N) is 1. The Kier molecular flexibility index (Phi) is 5.65. The molecule has 2 unspecified atom stereocenters. The maximum Gasteiger partial charge on any atom is 0.141 e. The first-order chi connectivity index (χ1) is 9.72. The summed E-state index contributed by atoms with van der Waals surface area (Å²) >= 11 is 3.51. The molecule has 1 aromatic rings. The van der Waals surface area contributed by atoms with E-state index in [1.54, 1.807) is 14.2 Å². The van der Waals surface area contributed by atoms with Crippen molar-refractivity contribution in [2.45, 2.75) is 31.4 Å². The molecule has 0 bridgehead atoms. The van der Waals surface area contributed by atoms with Gasteiger partial charge in [0, 0.05) is 12.2 Å². The maximum absolute atomic E-state index is 5.84. The van der Waals surface area contributed by atoms with Gasteiger partial charge in [-0.1, -0.05) is 0 Å². The van der Waals surface area contributed by atoms with E-state index < -0.39 is 0 Å². The minimum Gasteiger partial charge on any atom is -0.495 e. The van der Waals surface area contributed by atoms with Crippen LogP contribution in [0, 0.1) is 0 Å². The van der Waals surface area contributed by atoms with E-state index in [1.165, 1.54) is 0 Å². The number of hydrogen-bond acceptors (Lipinski definition) is 5. The van der Waals surface area contributed by atoms with Crippen molar-refractivity contribution in [3.05, 3.63) is 22.2 Å². The number of ether oxygens (including phenoxy) is 3. The van der Waals surface area contributed by atoms with Gasteiger partial charge in [-0.05, 0) is 47.3 Å². The summed E-state index contributed by atoms with van der Waals surface area (Å²) < 4.78 is 17.4. The molecule has 0 amide bonds. The van der Waals surface area contributed by atoms with Crippen molar-refractivity contribution >= 4 is 15.9 Å². The highest BCUT2D eigenvalue weighted by Crippen LogP contribution is 2.41. The van der Waals surface area contributed by atoms with Crippen molar-refractivity contribution in [1.29, 1.82) is 0 Å². The van der Waals surface area contributed by atoms with E-state index in [2.05, 4.69) is 21.4 Å². The van der Waals surface area contributed by atoms with Crippen LogP contribution in [0.15, 0.2) is 16.6 Å². The summed E-state index contributed by atoms with van der Waals surface area (Å²) in [5, 5.41) is 0. The van der Waals surface area contributed by atoms with Crippen LogP contribution in [0.2, 0.25) is 0 Å². The van der Waals surface area contributed by atoms with Gasteiger partial charge < -0.3 is 14.2 Å². The summed E-state index contributed by atoms with van der Waals surface area (Å²) in [6.07, 6.45) is 3.31. The topological polar surface area (TPSA) is 65.7 Å². The maximum atomic E-state index is 5.84. The highest BCUT2D eigenvalue weighted by Gasteiger charge is 2.29. The predicted molar refractivity (Wildman–Crippen MR) is 80.9 cm³/mol. The van der Waals surface area contributed by atoms with Gasteiger partial charge in [-0.2, -0.15) is 0 Å². The molecule has 112 valence electrons. The summed E-state index contributed by atoms with van der Waals surface area (Å²) in [6, 6.07) is 3.76. The normalized spacial score (nSPS) is 20.5. The van der Waals surface area contributed by atoms with E-state index in [0.717, 1.165) is 47.4 Å².